The van der Waals surface area contributed by atoms with Crippen LogP contribution >= 0.6 is 11.8 Å². The Morgan fingerprint density at radius 2 is 1.88 bits per heavy atom. The van der Waals surface area contributed by atoms with E-state index >= 15 is 0 Å². The molecule has 1 amide bonds. The van der Waals surface area contributed by atoms with E-state index in [-0.39, 0.29) is 16.9 Å². The molecule has 0 saturated carbocycles. The topological polar surface area (TPSA) is 47.6 Å². The van der Waals surface area contributed by atoms with E-state index in [1.54, 1.807) is 19.2 Å². The van der Waals surface area contributed by atoms with Gasteiger partial charge in [0.25, 0.3) is 0 Å². The van der Waals surface area contributed by atoms with E-state index in [4.69, 9.17) is 9.47 Å². The Bertz CT molecular complexity index is 724. The Balaban J connectivity index is 1.85. The maximum Gasteiger partial charge on any atom is 0.233 e. The van der Waals surface area contributed by atoms with Gasteiger partial charge in [-0.2, -0.15) is 0 Å². The molecule has 0 aromatic heterocycles. The summed E-state index contributed by atoms with van der Waals surface area (Å²) >= 11 is 1.45. The van der Waals surface area contributed by atoms with Crippen LogP contribution in [-0.2, 0) is 17.1 Å². The molecule has 2 rings (SSSR count). The molecule has 2 aromatic rings. The molecule has 1 atom stereocenters. The molecule has 25 heavy (non-hydrogen) atoms. The predicted octanol–water partition coefficient (Wildman–Crippen LogP) is 3.78. The van der Waals surface area contributed by atoms with Crippen LogP contribution in [0.4, 0.5) is 4.39 Å². The summed E-state index contributed by atoms with van der Waals surface area (Å²) in [6, 6.07) is 12.4. The summed E-state index contributed by atoms with van der Waals surface area (Å²) in [7, 11) is 3.04. The largest absolute Gasteiger partial charge is 0.496 e. The Morgan fingerprint density at radius 1 is 1.16 bits per heavy atom. The first kappa shape index (κ1) is 19.1. The van der Waals surface area contributed by atoms with Crippen LogP contribution in [0.15, 0.2) is 42.5 Å². The van der Waals surface area contributed by atoms with Crippen LogP contribution < -0.4 is 14.8 Å². The standard InChI is InChI=1S/C19H22FNO3S/c1-13(25-12-14-8-9-18(24-3)16(20)10-14)19(22)21-11-15-6-4-5-7-17(15)23-2/h4-10,13H,11-12H2,1-3H3,(H,21,22)/t13-/m0/s1. The van der Waals surface area contributed by atoms with Gasteiger partial charge in [-0.25, -0.2) is 4.39 Å². The fraction of sp³-hybridized carbons (Fsp3) is 0.316. The van der Waals surface area contributed by atoms with Gasteiger partial charge in [0.1, 0.15) is 5.75 Å². The van der Waals surface area contributed by atoms with Crippen molar-refractivity contribution in [3.05, 3.63) is 59.4 Å². The van der Waals surface area contributed by atoms with Crippen LogP contribution in [0.3, 0.4) is 0 Å². The van der Waals surface area contributed by atoms with Gasteiger partial charge < -0.3 is 14.8 Å². The molecule has 0 aliphatic carbocycles. The zero-order valence-electron chi connectivity index (χ0n) is 14.5. The number of rotatable bonds is 8. The minimum Gasteiger partial charge on any atom is -0.496 e. The highest BCUT2D eigenvalue weighted by Crippen LogP contribution is 2.23. The molecule has 0 spiro atoms. The van der Waals surface area contributed by atoms with Gasteiger partial charge in [0, 0.05) is 17.9 Å². The normalized spacial score (nSPS) is 11.7. The van der Waals surface area contributed by atoms with E-state index in [1.807, 2.05) is 31.2 Å². The van der Waals surface area contributed by atoms with Gasteiger partial charge >= 0.3 is 0 Å². The molecule has 0 heterocycles. The molecule has 1 N–H and O–H groups in total. The van der Waals surface area contributed by atoms with Crippen LogP contribution in [0.25, 0.3) is 0 Å². The number of carbonyl (C=O) groups excluding carboxylic acids is 1. The lowest BCUT2D eigenvalue weighted by molar-refractivity contribution is -0.120. The molecule has 0 saturated heterocycles. The third-order valence-electron chi connectivity index (χ3n) is 3.73. The fourth-order valence-corrected chi connectivity index (χ4v) is 3.13. The number of thioether (sulfide) groups is 1. The Kier molecular flexibility index (Phi) is 7.13. The Labute approximate surface area is 151 Å². The van der Waals surface area contributed by atoms with Gasteiger partial charge in [-0.3, -0.25) is 4.79 Å². The number of carbonyl (C=O) groups is 1. The van der Waals surface area contributed by atoms with Gasteiger partial charge in [-0.15, -0.1) is 11.8 Å². The van der Waals surface area contributed by atoms with Crippen LogP contribution in [0, 0.1) is 5.82 Å². The number of ether oxygens (including phenoxy) is 2. The summed E-state index contributed by atoms with van der Waals surface area (Å²) in [5.41, 5.74) is 1.74. The molecule has 2 aromatic carbocycles. The van der Waals surface area contributed by atoms with Crippen molar-refractivity contribution in [2.45, 2.75) is 24.5 Å². The summed E-state index contributed by atoms with van der Waals surface area (Å²) < 4.78 is 23.9. The fourth-order valence-electron chi connectivity index (χ4n) is 2.27. The molecule has 4 nitrogen and oxygen atoms in total. The SMILES string of the molecule is COc1ccc(CS[C@@H](C)C(=O)NCc2ccccc2OC)cc1F. The van der Waals surface area contributed by atoms with Crippen molar-refractivity contribution < 1.29 is 18.7 Å². The lowest BCUT2D eigenvalue weighted by Gasteiger charge is -2.14. The molecule has 0 unspecified atom stereocenters. The Hall–Kier alpha value is -2.21. The third-order valence-corrected chi connectivity index (χ3v) is 4.95. The summed E-state index contributed by atoms with van der Waals surface area (Å²) in [6.45, 7) is 2.24. The average Bonchev–Trinajstić information content (AvgIpc) is 2.64. The molecule has 0 radical (unpaired) electrons. The number of nitrogens with one attached hydrogen (secondary N) is 1. The second-order valence-corrected chi connectivity index (χ2v) is 6.78. The highest BCUT2D eigenvalue weighted by atomic mass is 32.2. The van der Waals surface area contributed by atoms with Crippen LogP contribution in [0.1, 0.15) is 18.1 Å². The number of hydrogen-bond acceptors (Lipinski definition) is 4. The number of halogens is 1. The maximum atomic E-state index is 13.7. The minimum absolute atomic E-state index is 0.0649. The van der Waals surface area contributed by atoms with Crippen LogP contribution in [-0.4, -0.2) is 25.4 Å². The number of benzene rings is 2. The highest BCUT2D eigenvalue weighted by Gasteiger charge is 2.14. The van der Waals surface area contributed by atoms with E-state index in [1.165, 1.54) is 24.9 Å². The molecule has 0 bridgehead atoms. The van der Waals surface area contributed by atoms with Crippen LogP contribution in [0.2, 0.25) is 0 Å². The van der Waals surface area contributed by atoms with E-state index in [9.17, 15) is 9.18 Å². The van der Waals surface area contributed by atoms with Crippen molar-refractivity contribution in [1.29, 1.82) is 0 Å². The zero-order chi connectivity index (χ0) is 18.2. The first-order valence-electron chi connectivity index (χ1n) is 7.88. The molecular weight excluding hydrogens is 341 g/mol. The highest BCUT2D eigenvalue weighted by molar-refractivity contribution is 7.99. The molecule has 6 heteroatoms. The zero-order valence-corrected chi connectivity index (χ0v) is 15.4. The van der Waals surface area contributed by atoms with Crippen molar-refractivity contribution >= 4 is 17.7 Å². The maximum absolute atomic E-state index is 13.7. The van der Waals surface area contributed by atoms with E-state index in [0.29, 0.717) is 12.3 Å². The first-order valence-corrected chi connectivity index (χ1v) is 8.93. The van der Waals surface area contributed by atoms with Gasteiger partial charge in [-0.1, -0.05) is 24.3 Å². The number of methoxy groups -OCH3 is 2. The lowest BCUT2D eigenvalue weighted by Crippen LogP contribution is -2.30. The number of hydrogen-bond donors (Lipinski definition) is 1. The summed E-state index contributed by atoms with van der Waals surface area (Å²) in [6.07, 6.45) is 0. The van der Waals surface area contributed by atoms with Gasteiger partial charge in [0.2, 0.25) is 5.91 Å². The quantitative estimate of drug-likeness (QED) is 0.775. The van der Waals surface area contributed by atoms with E-state index in [0.717, 1.165) is 16.9 Å². The molecular formula is C19H22FNO3S. The number of para-hydroxylation sites is 1. The second-order valence-electron chi connectivity index (χ2n) is 5.45. The third kappa shape index (κ3) is 5.39. The van der Waals surface area contributed by atoms with Gasteiger partial charge in [0.05, 0.1) is 19.5 Å². The predicted molar refractivity (Wildman–Crippen MR) is 98.5 cm³/mol. The van der Waals surface area contributed by atoms with Crippen molar-refractivity contribution in [2.75, 3.05) is 14.2 Å². The van der Waals surface area contributed by atoms with Crippen molar-refractivity contribution in [3.8, 4) is 11.5 Å². The van der Waals surface area contributed by atoms with Gasteiger partial charge in [-0.05, 0) is 30.7 Å². The molecule has 0 aliphatic heterocycles. The van der Waals surface area contributed by atoms with Crippen molar-refractivity contribution in [3.63, 3.8) is 0 Å². The summed E-state index contributed by atoms with van der Waals surface area (Å²) in [4.78, 5) is 12.2. The monoisotopic (exact) mass is 363 g/mol. The first-order chi connectivity index (χ1) is 12.0. The summed E-state index contributed by atoms with van der Waals surface area (Å²) in [5, 5.41) is 2.66. The lowest BCUT2D eigenvalue weighted by atomic mass is 10.2. The van der Waals surface area contributed by atoms with Crippen molar-refractivity contribution in [1.82, 2.24) is 5.32 Å². The molecule has 0 aliphatic rings. The van der Waals surface area contributed by atoms with Crippen molar-refractivity contribution in [2.24, 2.45) is 0 Å². The van der Waals surface area contributed by atoms with Gasteiger partial charge in [0.15, 0.2) is 11.6 Å². The second kappa shape index (κ2) is 9.32. The van der Waals surface area contributed by atoms with Crippen LogP contribution in [0.5, 0.6) is 11.5 Å². The van der Waals surface area contributed by atoms with E-state index < -0.39 is 5.82 Å². The summed E-state index contributed by atoms with van der Waals surface area (Å²) in [5.74, 6) is 1.05. The number of amides is 1. The molecule has 0 fully saturated rings. The average molecular weight is 363 g/mol. The molecule has 134 valence electrons. The van der Waals surface area contributed by atoms with E-state index in [2.05, 4.69) is 5.32 Å². The smallest absolute Gasteiger partial charge is 0.233 e. The minimum atomic E-state index is -0.395. The Morgan fingerprint density at radius 3 is 2.56 bits per heavy atom.